The summed E-state index contributed by atoms with van der Waals surface area (Å²) in [7, 11) is -1.67. The zero-order valence-corrected chi connectivity index (χ0v) is 26.1. The Kier molecular flexibility index (Phi) is 11.1. The van der Waals surface area contributed by atoms with Gasteiger partial charge in [0.05, 0.1) is 24.8 Å². The third kappa shape index (κ3) is 7.64. The molecule has 0 bridgehead atoms. The molecule has 42 heavy (non-hydrogen) atoms. The Morgan fingerprint density at radius 1 is 0.929 bits per heavy atom. The molecule has 0 aromatic heterocycles. The van der Waals surface area contributed by atoms with Crippen molar-refractivity contribution in [1.82, 2.24) is 10.2 Å². The number of rotatable bonds is 12. The number of nitrogens with zero attached hydrogens (tertiary/aromatic N) is 2. The van der Waals surface area contributed by atoms with E-state index in [9.17, 15) is 22.4 Å². The van der Waals surface area contributed by atoms with Gasteiger partial charge in [0.2, 0.25) is 11.8 Å². The molecule has 0 fully saturated rings. The van der Waals surface area contributed by atoms with E-state index in [2.05, 4.69) is 5.32 Å². The highest BCUT2D eigenvalue weighted by atomic mass is 35.5. The van der Waals surface area contributed by atoms with Crippen LogP contribution in [-0.4, -0.2) is 58.0 Å². The van der Waals surface area contributed by atoms with Crippen LogP contribution in [0.1, 0.15) is 26.3 Å². The van der Waals surface area contributed by atoms with Gasteiger partial charge < -0.3 is 19.7 Å². The smallest absolute Gasteiger partial charge is 0.264 e. The number of carbonyl (C=O) groups is 2. The molecular weight excluding hydrogens is 608 g/mol. The first-order chi connectivity index (χ1) is 19.8. The Morgan fingerprint density at radius 3 is 2.07 bits per heavy atom. The van der Waals surface area contributed by atoms with E-state index in [4.69, 9.17) is 32.7 Å². The van der Waals surface area contributed by atoms with Crippen molar-refractivity contribution in [3.8, 4) is 11.5 Å². The predicted molar refractivity (Wildman–Crippen MR) is 160 cm³/mol. The lowest BCUT2D eigenvalue weighted by molar-refractivity contribution is -0.139. The standard InChI is InChI=1S/C29H32Cl2FN3O6S/c1-18(2)33-29(37)19(3)34(16-23-24(30)7-6-8-25(23)31)28(36)17-35(21-11-9-20(32)10-12-21)42(38,39)22-13-14-26(40-4)27(15-22)41-5/h6-15,18-19H,16-17H2,1-5H3,(H,33,37)/t19-/m0/s1. The first kappa shape index (κ1) is 33.0. The van der Waals surface area contributed by atoms with Crippen LogP contribution in [0.4, 0.5) is 10.1 Å². The first-order valence-electron chi connectivity index (χ1n) is 12.8. The highest BCUT2D eigenvalue weighted by Crippen LogP contribution is 2.33. The van der Waals surface area contributed by atoms with Gasteiger partial charge in [-0.25, -0.2) is 12.8 Å². The molecule has 2 amide bonds. The summed E-state index contributed by atoms with van der Waals surface area (Å²) in [5.41, 5.74) is 0.406. The van der Waals surface area contributed by atoms with Gasteiger partial charge in [-0.15, -0.1) is 0 Å². The van der Waals surface area contributed by atoms with Gasteiger partial charge in [0.15, 0.2) is 11.5 Å². The molecule has 0 unspecified atom stereocenters. The van der Waals surface area contributed by atoms with Crippen LogP contribution in [0.15, 0.2) is 65.6 Å². The molecule has 226 valence electrons. The fraction of sp³-hybridized carbons (Fsp3) is 0.310. The molecule has 3 rings (SSSR count). The monoisotopic (exact) mass is 639 g/mol. The fourth-order valence-electron chi connectivity index (χ4n) is 4.08. The fourth-order valence-corrected chi connectivity index (χ4v) is 6.03. The molecule has 9 nitrogen and oxygen atoms in total. The van der Waals surface area contributed by atoms with Gasteiger partial charge >= 0.3 is 0 Å². The summed E-state index contributed by atoms with van der Waals surface area (Å²) in [6.45, 7) is 4.15. The van der Waals surface area contributed by atoms with Crippen molar-refractivity contribution >= 4 is 50.7 Å². The van der Waals surface area contributed by atoms with Gasteiger partial charge in [-0.1, -0.05) is 29.3 Å². The maximum Gasteiger partial charge on any atom is 0.264 e. The Bertz CT molecular complexity index is 1520. The number of halogens is 3. The van der Waals surface area contributed by atoms with Gasteiger partial charge in [0.25, 0.3) is 10.0 Å². The van der Waals surface area contributed by atoms with Crippen LogP contribution in [0.3, 0.4) is 0 Å². The van der Waals surface area contributed by atoms with Crippen molar-refractivity contribution in [2.75, 3.05) is 25.1 Å². The summed E-state index contributed by atoms with van der Waals surface area (Å²) in [5.74, 6) is -1.34. The number of benzene rings is 3. The molecule has 0 spiro atoms. The van der Waals surface area contributed by atoms with E-state index in [0.717, 1.165) is 16.4 Å². The number of nitrogens with one attached hydrogen (secondary N) is 1. The lowest BCUT2D eigenvalue weighted by Crippen LogP contribution is -2.52. The number of methoxy groups -OCH3 is 2. The predicted octanol–water partition coefficient (Wildman–Crippen LogP) is 5.29. The SMILES string of the molecule is COc1ccc(S(=O)(=O)N(CC(=O)N(Cc2c(Cl)cccc2Cl)[C@@H](C)C(=O)NC(C)C)c2ccc(F)cc2)cc1OC. The van der Waals surface area contributed by atoms with Crippen LogP contribution in [0.2, 0.25) is 10.0 Å². The van der Waals surface area contributed by atoms with E-state index in [-0.39, 0.29) is 39.0 Å². The summed E-state index contributed by atoms with van der Waals surface area (Å²) in [6, 6.07) is 12.2. The van der Waals surface area contributed by atoms with E-state index >= 15 is 0 Å². The molecule has 0 saturated heterocycles. The minimum absolute atomic E-state index is 0.0227. The lowest BCUT2D eigenvalue weighted by Gasteiger charge is -2.32. The molecule has 3 aromatic carbocycles. The summed E-state index contributed by atoms with van der Waals surface area (Å²) in [5, 5.41) is 3.30. The maximum absolute atomic E-state index is 14.0. The van der Waals surface area contributed by atoms with Crippen LogP contribution in [0.25, 0.3) is 0 Å². The molecule has 0 aliphatic rings. The van der Waals surface area contributed by atoms with Gasteiger partial charge in [-0.05, 0) is 69.3 Å². The van der Waals surface area contributed by atoms with Crippen LogP contribution < -0.4 is 19.1 Å². The lowest BCUT2D eigenvalue weighted by atomic mass is 10.1. The summed E-state index contributed by atoms with van der Waals surface area (Å²) in [4.78, 5) is 28.0. The summed E-state index contributed by atoms with van der Waals surface area (Å²) in [6.07, 6.45) is 0. The number of hydrogen-bond acceptors (Lipinski definition) is 6. The zero-order chi connectivity index (χ0) is 31.2. The van der Waals surface area contributed by atoms with Crippen LogP contribution in [-0.2, 0) is 26.2 Å². The average molecular weight is 641 g/mol. The second-order valence-electron chi connectivity index (χ2n) is 9.57. The highest BCUT2D eigenvalue weighted by molar-refractivity contribution is 7.92. The molecule has 0 saturated carbocycles. The van der Waals surface area contributed by atoms with Crippen molar-refractivity contribution in [2.24, 2.45) is 0 Å². The maximum atomic E-state index is 14.0. The number of hydrogen-bond donors (Lipinski definition) is 1. The third-order valence-corrected chi connectivity index (χ3v) is 8.80. The highest BCUT2D eigenvalue weighted by Gasteiger charge is 2.33. The van der Waals surface area contributed by atoms with Gasteiger partial charge in [0, 0.05) is 34.3 Å². The minimum Gasteiger partial charge on any atom is -0.493 e. The Hall–Kier alpha value is -3.54. The van der Waals surface area contributed by atoms with Crippen molar-refractivity contribution in [2.45, 2.75) is 44.3 Å². The van der Waals surface area contributed by atoms with E-state index in [1.807, 2.05) is 0 Å². The molecule has 0 aliphatic heterocycles. The van der Waals surface area contributed by atoms with E-state index in [0.29, 0.717) is 11.3 Å². The largest absolute Gasteiger partial charge is 0.493 e. The Labute approximate surface area is 255 Å². The third-order valence-electron chi connectivity index (χ3n) is 6.32. The van der Waals surface area contributed by atoms with Crippen molar-refractivity contribution < 1.29 is 31.9 Å². The van der Waals surface area contributed by atoms with Gasteiger partial charge in [-0.2, -0.15) is 0 Å². The molecule has 0 aliphatic carbocycles. The second-order valence-corrected chi connectivity index (χ2v) is 12.2. The Balaban J connectivity index is 2.10. The molecular formula is C29H32Cl2FN3O6S. The van der Waals surface area contributed by atoms with Gasteiger partial charge in [-0.3, -0.25) is 13.9 Å². The summed E-state index contributed by atoms with van der Waals surface area (Å²) < 4.78 is 53.1. The molecule has 3 aromatic rings. The van der Waals surface area contributed by atoms with Gasteiger partial charge in [0.1, 0.15) is 18.4 Å². The number of carbonyl (C=O) groups excluding carboxylic acids is 2. The van der Waals surface area contributed by atoms with E-state index in [1.54, 1.807) is 32.0 Å². The van der Waals surface area contributed by atoms with Crippen LogP contribution >= 0.6 is 23.2 Å². The number of ether oxygens (including phenoxy) is 2. The molecule has 0 radical (unpaired) electrons. The number of anilines is 1. The van der Waals surface area contributed by atoms with Crippen molar-refractivity contribution in [1.29, 1.82) is 0 Å². The average Bonchev–Trinajstić information content (AvgIpc) is 2.95. The molecule has 13 heteroatoms. The number of amides is 2. The van der Waals surface area contributed by atoms with Crippen LogP contribution in [0.5, 0.6) is 11.5 Å². The zero-order valence-electron chi connectivity index (χ0n) is 23.7. The second kappa shape index (κ2) is 14.1. The Morgan fingerprint density at radius 2 is 1.52 bits per heavy atom. The summed E-state index contributed by atoms with van der Waals surface area (Å²) >= 11 is 12.8. The number of sulfonamides is 1. The minimum atomic E-state index is -4.43. The molecule has 1 N–H and O–H groups in total. The molecule has 0 heterocycles. The van der Waals surface area contributed by atoms with Crippen molar-refractivity contribution in [3.63, 3.8) is 0 Å². The van der Waals surface area contributed by atoms with E-state index in [1.165, 1.54) is 56.4 Å². The topological polar surface area (TPSA) is 105 Å². The normalized spacial score (nSPS) is 12.0. The quantitative estimate of drug-likeness (QED) is 0.289. The first-order valence-corrected chi connectivity index (χ1v) is 15.0. The van der Waals surface area contributed by atoms with E-state index < -0.39 is 40.2 Å². The van der Waals surface area contributed by atoms with Crippen molar-refractivity contribution in [3.05, 3.63) is 82.1 Å². The molecule has 1 atom stereocenters. The van der Waals surface area contributed by atoms with Crippen LogP contribution in [0, 0.1) is 5.82 Å².